The fourth-order valence-corrected chi connectivity index (χ4v) is 2.64. The van der Waals surface area contributed by atoms with Crippen LogP contribution in [0.1, 0.15) is 25.2 Å². The zero-order valence-corrected chi connectivity index (χ0v) is 12.5. The molecule has 0 aliphatic carbocycles. The van der Waals surface area contributed by atoms with Gasteiger partial charge in [-0.15, -0.1) is 0 Å². The summed E-state index contributed by atoms with van der Waals surface area (Å²) in [6.45, 7) is 4.08. The molecule has 2 heterocycles. The number of nitrogens with one attached hydrogen (secondary N) is 1. The zero-order chi connectivity index (χ0) is 14.7. The Labute approximate surface area is 124 Å². The summed E-state index contributed by atoms with van der Waals surface area (Å²) in [6, 6.07) is 8.52. The van der Waals surface area contributed by atoms with E-state index in [-0.39, 0.29) is 6.04 Å². The molecule has 1 unspecified atom stereocenters. The van der Waals surface area contributed by atoms with Crippen LogP contribution in [-0.4, -0.2) is 25.6 Å². The highest BCUT2D eigenvalue weighted by atomic mass is 15.1. The topological polar surface area (TPSA) is 47.7 Å². The van der Waals surface area contributed by atoms with Gasteiger partial charge in [-0.3, -0.25) is 0 Å². The minimum absolute atomic E-state index is 0.268. The molecule has 0 radical (unpaired) electrons. The van der Waals surface area contributed by atoms with Gasteiger partial charge < -0.3 is 14.5 Å². The Hall–Kier alpha value is -2.14. The third kappa shape index (κ3) is 2.97. The Morgan fingerprint density at radius 2 is 2.10 bits per heavy atom. The van der Waals surface area contributed by atoms with E-state index in [9.17, 15) is 0 Å². The third-order valence-electron chi connectivity index (χ3n) is 3.80. The molecule has 0 aliphatic heterocycles. The molecule has 5 heteroatoms. The summed E-state index contributed by atoms with van der Waals surface area (Å²) in [5.74, 6) is 1.07. The largest absolute Gasteiger partial charge is 0.337 e. The molecule has 0 saturated heterocycles. The van der Waals surface area contributed by atoms with E-state index in [1.807, 2.05) is 37.9 Å². The maximum Gasteiger partial charge on any atom is 0.125 e. The van der Waals surface area contributed by atoms with Crippen molar-refractivity contribution in [1.29, 1.82) is 0 Å². The molecule has 0 fully saturated rings. The lowest BCUT2D eigenvalue weighted by Gasteiger charge is -2.13. The first kappa shape index (κ1) is 13.8. The van der Waals surface area contributed by atoms with Crippen molar-refractivity contribution in [2.24, 2.45) is 7.05 Å². The highest BCUT2D eigenvalue weighted by Gasteiger charge is 2.08. The first-order chi connectivity index (χ1) is 10.3. The summed E-state index contributed by atoms with van der Waals surface area (Å²) in [6.07, 6.45) is 6.80. The van der Waals surface area contributed by atoms with Gasteiger partial charge in [-0.25, -0.2) is 9.97 Å². The van der Waals surface area contributed by atoms with E-state index in [1.165, 1.54) is 5.52 Å². The van der Waals surface area contributed by atoms with Crippen molar-refractivity contribution in [3.05, 3.63) is 48.8 Å². The number of benzene rings is 1. The van der Waals surface area contributed by atoms with Crippen molar-refractivity contribution in [2.75, 3.05) is 6.54 Å². The number of imidazole rings is 2. The van der Waals surface area contributed by atoms with Gasteiger partial charge in [-0.2, -0.15) is 0 Å². The maximum atomic E-state index is 4.41. The van der Waals surface area contributed by atoms with Crippen molar-refractivity contribution in [1.82, 2.24) is 24.4 Å². The molecular weight excluding hydrogens is 262 g/mol. The van der Waals surface area contributed by atoms with E-state index in [2.05, 4.69) is 43.5 Å². The van der Waals surface area contributed by atoms with E-state index < -0.39 is 0 Å². The quantitative estimate of drug-likeness (QED) is 0.707. The molecule has 1 N–H and O–H groups in total. The van der Waals surface area contributed by atoms with Crippen LogP contribution in [0.2, 0.25) is 0 Å². The molecule has 0 saturated carbocycles. The molecular formula is C16H21N5. The second-order valence-corrected chi connectivity index (χ2v) is 5.35. The molecule has 1 aromatic carbocycles. The van der Waals surface area contributed by atoms with Gasteiger partial charge >= 0.3 is 0 Å². The molecule has 0 bridgehead atoms. The van der Waals surface area contributed by atoms with Crippen molar-refractivity contribution in [3.63, 3.8) is 0 Å². The van der Waals surface area contributed by atoms with E-state index in [0.29, 0.717) is 0 Å². The Kier molecular flexibility index (Phi) is 4.01. The summed E-state index contributed by atoms with van der Waals surface area (Å²) in [7, 11) is 2.03. The van der Waals surface area contributed by atoms with Crippen LogP contribution in [0, 0.1) is 0 Å². The minimum Gasteiger partial charge on any atom is -0.337 e. The zero-order valence-electron chi connectivity index (χ0n) is 12.5. The summed E-state index contributed by atoms with van der Waals surface area (Å²) in [5.41, 5.74) is 2.27. The van der Waals surface area contributed by atoms with Crippen LogP contribution >= 0.6 is 0 Å². The van der Waals surface area contributed by atoms with Gasteiger partial charge in [0.1, 0.15) is 5.82 Å². The SMILES string of the molecule is CC(NCCCn1cnc2ccccc21)c1nccn1C. The Morgan fingerprint density at radius 1 is 1.24 bits per heavy atom. The lowest BCUT2D eigenvalue weighted by molar-refractivity contribution is 0.502. The number of rotatable bonds is 6. The molecule has 0 aliphatic rings. The van der Waals surface area contributed by atoms with Gasteiger partial charge in [0.05, 0.1) is 23.4 Å². The van der Waals surface area contributed by atoms with Gasteiger partial charge in [-0.1, -0.05) is 12.1 Å². The van der Waals surface area contributed by atoms with Crippen molar-refractivity contribution in [2.45, 2.75) is 25.9 Å². The first-order valence-corrected chi connectivity index (χ1v) is 7.36. The molecule has 2 aromatic heterocycles. The van der Waals surface area contributed by atoms with Crippen LogP contribution in [0.5, 0.6) is 0 Å². The van der Waals surface area contributed by atoms with Crippen LogP contribution < -0.4 is 5.32 Å². The van der Waals surface area contributed by atoms with Crippen molar-refractivity contribution >= 4 is 11.0 Å². The van der Waals surface area contributed by atoms with Crippen LogP contribution in [0.15, 0.2) is 43.0 Å². The fraction of sp³-hybridized carbons (Fsp3) is 0.375. The predicted molar refractivity (Wildman–Crippen MR) is 84.0 cm³/mol. The second-order valence-electron chi connectivity index (χ2n) is 5.35. The highest BCUT2D eigenvalue weighted by molar-refractivity contribution is 5.74. The summed E-state index contributed by atoms with van der Waals surface area (Å²) < 4.78 is 4.27. The Bertz CT molecular complexity index is 712. The number of nitrogens with zero attached hydrogens (tertiary/aromatic N) is 4. The number of aryl methyl sites for hydroxylation is 2. The average Bonchev–Trinajstić information content (AvgIpc) is 3.10. The molecule has 21 heavy (non-hydrogen) atoms. The molecule has 0 amide bonds. The third-order valence-corrected chi connectivity index (χ3v) is 3.80. The Morgan fingerprint density at radius 3 is 2.90 bits per heavy atom. The van der Waals surface area contributed by atoms with E-state index in [0.717, 1.165) is 30.9 Å². The van der Waals surface area contributed by atoms with Gasteiger partial charge in [0.25, 0.3) is 0 Å². The molecule has 1 atom stereocenters. The fourth-order valence-electron chi connectivity index (χ4n) is 2.64. The molecule has 3 rings (SSSR count). The predicted octanol–water partition coefficient (Wildman–Crippen LogP) is 2.51. The van der Waals surface area contributed by atoms with E-state index >= 15 is 0 Å². The normalized spacial score (nSPS) is 12.9. The van der Waals surface area contributed by atoms with Crippen molar-refractivity contribution < 1.29 is 0 Å². The maximum absolute atomic E-state index is 4.41. The molecule has 0 spiro atoms. The summed E-state index contributed by atoms with van der Waals surface area (Å²) in [4.78, 5) is 8.78. The summed E-state index contributed by atoms with van der Waals surface area (Å²) >= 11 is 0. The van der Waals surface area contributed by atoms with Crippen LogP contribution in [0.4, 0.5) is 0 Å². The smallest absolute Gasteiger partial charge is 0.125 e. The summed E-state index contributed by atoms with van der Waals surface area (Å²) in [5, 5.41) is 3.52. The molecule has 5 nitrogen and oxygen atoms in total. The molecule has 110 valence electrons. The lowest BCUT2D eigenvalue weighted by atomic mass is 10.3. The van der Waals surface area contributed by atoms with Crippen LogP contribution in [0.3, 0.4) is 0 Å². The van der Waals surface area contributed by atoms with Crippen LogP contribution in [0.25, 0.3) is 11.0 Å². The first-order valence-electron chi connectivity index (χ1n) is 7.36. The van der Waals surface area contributed by atoms with Crippen LogP contribution in [-0.2, 0) is 13.6 Å². The van der Waals surface area contributed by atoms with Gasteiger partial charge in [-0.05, 0) is 32.0 Å². The van der Waals surface area contributed by atoms with Crippen molar-refractivity contribution in [3.8, 4) is 0 Å². The van der Waals surface area contributed by atoms with E-state index in [4.69, 9.17) is 0 Å². The number of hydrogen-bond donors (Lipinski definition) is 1. The monoisotopic (exact) mass is 283 g/mol. The molecule has 3 aromatic rings. The van der Waals surface area contributed by atoms with Gasteiger partial charge in [0.15, 0.2) is 0 Å². The standard InChI is InChI=1S/C16H21N5/c1-13(16-18-9-11-20(16)2)17-8-5-10-21-12-19-14-6-3-4-7-15(14)21/h3-4,6-7,9,11-13,17H,5,8,10H2,1-2H3. The number of hydrogen-bond acceptors (Lipinski definition) is 3. The highest BCUT2D eigenvalue weighted by Crippen LogP contribution is 2.12. The minimum atomic E-state index is 0.268. The van der Waals surface area contributed by atoms with Gasteiger partial charge in [0, 0.05) is 26.0 Å². The number of fused-ring (bicyclic) bond motifs is 1. The second kappa shape index (κ2) is 6.10. The average molecular weight is 283 g/mol. The van der Waals surface area contributed by atoms with E-state index in [1.54, 1.807) is 0 Å². The van der Waals surface area contributed by atoms with Gasteiger partial charge in [0.2, 0.25) is 0 Å². The number of aromatic nitrogens is 4. The Balaban J connectivity index is 1.51. The number of para-hydroxylation sites is 2. The lowest BCUT2D eigenvalue weighted by Crippen LogP contribution is -2.23.